The summed E-state index contributed by atoms with van der Waals surface area (Å²) in [5.41, 5.74) is 7.43. The summed E-state index contributed by atoms with van der Waals surface area (Å²) in [6.07, 6.45) is 0.939. The van der Waals surface area contributed by atoms with Crippen molar-refractivity contribution in [3.8, 4) is 0 Å². The Hall–Kier alpha value is -1.55. The van der Waals surface area contributed by atoms with Gasteiger partial charge in [0.2, 0.25) is 5.91 Å². The number of anilines is 1. The highest BCUT2D eigenvalue weighted by Gasteiger charge is 2.19. The molecule has 3 N–H and O–H groups in total. The fourth-order valence-electron chi connectivity index (χ4n) is 1.78. The molecule has 1 unspecified atom stereocenters. The molecule has 1 aromatic rings. The van der Waals surface area contributed by atoms with Crippen molar-refractivity contribution in [3.63, 3.8) is 0 Å². The van der Waals surface area contributed by atoms with Gasteiger partial charge in [0.1, 0.15) is 6.61 Å². The molecular formula is C11H14N2O2. The van der Waals surface area contributed by atoms with Crippen molar-refractivity contribution in [1.82, 2.24) is 0 Å². The zero-order chi connectivity index (χ0) is 10.7. The molecule has 1 aromatic carbocycles. The zero-order valence-corrected chi connectivity index (χ0v) is 8.40. The number of ether oxygens (including phenoxy) is 1. The number of amides is 1. The fourth-order valence-corrected chi connectivity index (χ4v) is 1.78. The quantitative estimate of drug-likeness (QED) is 0.755. The van der Waals surface area contributed by atoms with Crippen molar-refractivity contribution in [2.75, 3.05) is 18.5 Å². The van der Waals surface area contributed by atoms with Crippen molar-refractivity contribution < 1.29 is 9.53 Å². The van der Waals surface area contributed by atoms with E-state index in [1.54, 1.807) is 0 Å². The van der Waals surface area contributed by atoms with E-state index in [9.17, 15) is 4.79 Å². The van der Waals surface area contributed by atoms with Gasteiger partial charge in [-0.15, -0.1) is 0 Å². The molecule has 4 nitrogen and oxygen atoms in total. The Kier molecular flexibility index (Phi) is 2.87. The number of nitrogens with one attached hydrogen (secondary N) is 1. The Morgan fingerprint density at radius 1 is 1.53 bits per heavy atom. The zero-order valence-electron chi connectivity index (χ0n) is 8.40. The Morgan fingerprint density at radius 3 is 3.07 bits per heavy atom. The number of hydrogen-bond donors (Lipinski definition) is 2. The van der Waals surface area contributed by atoms with Crippen LogP contribution in [0.3, 0.4) is 0 Å². The summed E-state index contributed by atoms with van der Waals surface area (Å²) in [6, 6.07) is 8.41. The lowest BCUT2D eigenvalue weighted by Gasteiger charge is -2.10. The summed E-state index contributed by atoms with van der Waals surface area (Å²) in [5.74, 6) is -0.425. The summed E-state index contributed by atoms with van der Waals surface area (Å²) in [6.45, 7) is 0.506. The van der Waals surface area contributed by atoms with E-state index in [0.29, 0.717) is 6.61 Å². The Labute approximate surface area is 88.4 Å². The summed E-state index contributed by atoms with van der Waals surface area (Å²) in [7, 11) is 0. The lowest BCUT2D eigenvalue weighted by atomic mass is 10.1. The second-order valence-corrected chi connectivity index (χ2v) is 3.68. The minimum absolute atomic E-state index is 0.00543. The first kappa shape index (κ1) is 9.98. The Morgan fingerprint density at radius 2 is 2.33 bits per heavy atom. The van der Waals surface area contributed by atoms with Crippen molar-refractivity contribution in [1.29, 1.82) is 0 Å². The highest BCUT2D eigenvalue weighted by atomic mass is 16.5. The number of para-hydroxylation sites is 1. The number of fused-ring (bicyclic) bond motifs is 1. The first-order valence-electron chi connectivity index (χ1n) is 4.96. The van der Waals surface area contributed by atoms with Gasteiger partial charge in [-0.25, -0.2) is 0 Å². The van der Waals surface area contributed by atoms with Gasteiger partial charge in [0.05, 0.1) is 12.6 Å². The Bertz CT molecular complexity index is 340. The monoisotopic (exact) mass is 206 g/mol. The number of hydrogen-bond acceptors (Lipinski definition) is 3. The molecule has 0 spiro atoms. The highest BCUT2D eigenvalue weighted by molar-refractivity contribution is 5.75. The van der Waals surface area contributed by atoms with Crippen LogP contribution in [0.5, 0.6) is 0 Å². The molecular weight excluding hydrogens is 192 g/mol. The topological polar surface area (TPSA) is 64.4 Å². The predicted molar refractivity (Wildman–Crippen MR) is 57.6 cm³/mol. The van der Waals surface area contributed by atoms with E-state index in [2.05, 4.69) is 11.4 Å². The summed E-state index contributed by atoms with van der Waals surface area (Å²) in [4.78, 5) is 10.5. The maximum atomic E-state index is 10.5. The van der Waals surface area contributed by atoms with E-state index >= 15 is 0 Å². The number of carbonyl (C=O) groups excluding carboxylic acids is 1. The maximum absolute atomic E-state index is 10.5. The largest absolute Gasteiger partial charge is 0.379 e. The number of nitrogens with two attached hydrogens (primary N) is 1. The first-order chi connectivity index (χ1) is 7.25. The molecule has 1 aliphatic rings. The number of benzene rings is 1. The molecule has 1 aliphatic heterocycles. The minimum atomic E-state index is -0.425. The molecule has 2 rings (SSSR count). The average molecular weight is 206 g/mol. The van der Waals surface area contributed by atoms with Crippen molar-refractivity contribution >= 4 is 11.6 Å². The van der Waals surface area contributed by atoms with Gasteiger partial charge in [0.25, 0.3) is 0 Å². The molecule has 0 fully saturated rings. The van der Waals surface area contributed by atoms with E-state index in [4.69, 9.17) is 10.5 Å². The summed E-state index contributed by atoms with van der Waals surface area (Å²) in [5, 5.41) is 3.33. The molecule has 4 heteroatoms. The minimum Gasteiger partial charge on any atom is -0.379 e. The van der Waals surface area contributed by atoms with Crippen LogP contribution < -0.4 is 11.1 Å². The molecule has 0 aliphatic carbocycles. The van der Waals surface area contributed by atoms with Gasteiger partial charge >= 0.3 is 0 Å². The molecule has 80 valence electrons. The third-order valence-corrected chi connectivity index (χ3v) is 2.41. The van der Waals surface area contributed by atoms with Gasteiger partial charge in [-0.1, -0.05) is 18.2 Å². The summed E-state index contributed by atoms with van der Waals surface area (Å²) < 4.78 is 5.17. The van der Waals surface area contributed by atoms with Crippen LogP contribution >= 0.6 is 0 Å². The second kappa shape index (κ2) is 4.31. The molecule has 1 atom stereocenters. The van der Waals surface area contributed by atoms with Crippen molar-refractivity contribution in [2.24, 2.45) is 5.73 Å². The van der Waals surface area contributed by atoms with Crippen LogP contribution in [0.25, 0.3) is 0 Å². The van der Waals surface area contributed by atoms with E-state index in [0.717, 1.165) is 12.1 Å². The molecule has 0 saturated carbocycles. The molecule has 0 radical (unpaired) electrons. The normalized spacial score (nSPS) is 18.3. The van der Waals surface area contributed by atoms with E-state index in [1.165, 1.54) is 5.56 Å². The van der Waals surface area contributed by atoms with Crippen LogP contribution in [0.1, 0.15) is 5.56 Å². The fraction of sp³-hybridized carbons (Fsp3) is 0.364. The number of rotatable bonds is 4. The van der Waals surface area contributed by atoms with Crippen LogP contribution in [0.15, 0.2) is 24.3 Å². The van der Waals surface area contributed by atoms with Crippen molar-refractivity contribution in [2.45, 2.75) is 12.5 Å². The molecule has 1 heterocycles. The lowest BCUT2D eigenvalue weighted by molar-refractivity contribution is -0.122. The van der Waals surface area contributed by atoms with Gasteiger partial charge in [-0.3, -0.25) is 4.79 Å². The van der Waals surface area contributed by atoms with E-state index < -0.39 is 5.91 Å². The third-order valence-electron chi connectivity index (χ3n) is 2.41. The molecule has 15 heavy (non-hydrogen) atoms. The van der Waals surface area contributed by atoms with Crippen molar-refractivity contribution in [3.05, 3.63) is 29.8 Å². The molecule has 0 aromatic heterocycles. The third kappa shape index (κ3) is 2.47. The van der Waals surface area contributed by atoms with Gasteiger partial charge in [0, 0.05) is 5.69 Å². The number of carbonyl (C=O) groups is 1. The van der Waals surface area contributed by atoms with Gasteiger partial charge in [0.15, 0.2) is 0 Å². The number of primary amides is 1. The average Bonchev–Trinajstić information content (AvgIpc) is 2.59. The van der Waals surface area contributed by atoms with Gasteiger partial charge < -0.3 is 15.8 Å². The smallest absolute Gasteiger partial charge is 0.243 e. The maximum Gasteiger partial charge on any atom is 0.243 e. The lowest BCUT2D eigenvalue weighted by Crippen LogP contribution is -2.26. The van der Waals surface area contributed by atoms with Crippen LogP contribution in [0.2, 0.25) is 0 Å². The standard InChI is InChI=1S/C11H14N2O2/c12-11(14)7-15-6-9-5-8-3-1-2-4-10(8)13-9/h1-4,9,13H,5-7H2,(H2,12,14). The molecule has 0 bridgehead atoms. The summed E-state index contributed by atoms with van der Waals surface area (Å²) >= 11 is 0. The van der Waals surface area contributed by atoms with Gasteiger partial charge in [-0.2, -0.15) is 0 Å². The SMILES string of the molecule is NC(=O)COCC1Cc2ccccc2N1. The highest BCUT2D eigenvalue weighted by Crippen LogP contribution is 2.24. The first-order valence-corrected chi connectivity index (χ1v) is 4.96. The van der Waals surface area contributed by atoms with Crippen LogP contribution in [-0.4, -0.2) is 25.2 Å². The van der Waals surface area contributed by atoms with E-state index in [1.807, 2.05) is 18.2 Å². The Balaban J connectivity index is 1.83. The molecule has 1 amide bonds. The second-order valence-electron chi connectivity index (χ2n) is 3.68. The predicted octanol–water partition coefficient (Wildman–Crippen LogP) is 0.525. The van der Waals surface area contributed by atoms with Crippen LogP contribution in [-0.2, 0) is 16.0 Å². The van der Waals surface area contributed by atoms with Crippen LogP contribution in [0.4, 0.5) is 5.69 Å². The van der Waals surface area contributed by atoms with Gasteiger partial charge in [-0.05, 0) is 18.1 Å². The van der Waals surface area contributed by atoms with Crippen LogP contribution in [0, 0.1) is 0 Å². The molecule has 0 saturated heterocycles. The van der Waals surface area contributed by atoms with E-state index in [-0.39, 0.29) is 12.6 Å².